The van der Waals surface area contributed by atoms with E-state index >= 15 is 0 Å². The van der Waals surface area contributed by atoms with E-state index in [0.29, 0.717) is 0 Å². The van der Waals surface area contributed by atoms with Crippen LogP contribution in [0.5, 0.6) is 0 Å². The molecule has 0 amide bonds. The largest absolute Gasteiger partial charge is 0.480 e. The van der Waals surface area contributed by atoms with Gasteiger partial charge in [-0.1, -0.05) is 0 Å². The molecule has 11 heavy (non-hydrogen) atoms. The predicted octanol–water partition coefficient (Wildman–Crippen LogP) is -1.94. The average molecular weight is 161 g/mol. The van der Waals surface area contributed by atoms with Gasteiger partial charge in [0.25, 0.3) is 0 Å². The van der Waals surface area contributed by atoms with E-state index in [0.717, 1.165) is 19.4 Å². The molecule has 1 fully saturated rings. The topological polar surface area (TPSA) is 89.8 Å². The number of hydrogen-bond donors (Lipinski definition) is 4. The third-order valence-corrected chi connectivity index (χ3v) is 1.36. The van der Waals surface area contributed by atoms with Crippen molar-refractivity contribution >= 4 is 13.7 Å². The highest BCUT2D eigenvalue weighted by atomic mass is 16.4. The highest BCUT2D eigenvalue weighted by molar-refractivity contribution is 6.13. The first kappa shape index (κ1) is 10.4. The van der Waals surface area contributed by atoms with Crippen molar-refractivity contribution in [2.24, 2.45) is 0 Å². The fourth-order valence-corrected chi connectivity index (χ4v) is 0.895. The van der Waals surface area contributed by atoms with Crippen LogP contribution in [0.15, 0.2) is 0 Å². The van der Waals surface area contributed by atoms with Crippen molar-refractivity contribution in [1.82, 2.24) is 5.32 Å². The highest BCUT2D eigenvalue weighted by Gasteiger charge is 2.20. The van der Waals surface area contributed by atoms with E-state index in [2.05, 4.69) is 5.32 Å². The SMILES string of the molecule is O=C(O)[C@@H]1CCCN1.OBO. The number of carboxylic acids is 1. The summed E-state index contributed by atoms with van der Waals surface area (Å²) in [6.07, 6.45) is 1.78. The Hall–Kier alpha value is -0.585. The van der Waals surface area contributed by atoms with Crippen LogP contribution >= 0.6 is 0 Å². The second-order valence-electron chi connectivity index (χ2n) is 2.13. The lowest BCUT2D eigenvalue weighted by Crippen LogP contribution is -2.29. The summed E-state index contributed by atoms with van der Waals surface area (Å²) in [5.41, 5.74) is 0. The molecule has 0 unspecified atom stereocenters. The lowest BCUT2D eigenvalue weighted by atomic mass is 10.2. The van der Waals surface area contributed by atoms with E-state index in [9.17, 15) is 4.79 Å². The van der Waals surface area contributed by atoms with Crippen LogP contribution in [0.2, 0.25) is 0 Å². The Kier molecular flexibility index (Phi) is 5.82. The zero-order valence-electron chi connectivity index (χ0n) is 6.16. The Morgan fingerprint density at radius 1 is 1.55 bits per heavy atom. The summed E-state index contributed by atoms with van der Waals surface area (Å²) in [5.74, 6) is -0.720. The predicted molar refractivity (Wildman–Crippen MR) is 40.2 cm³/mol. The summed E-state index contributed by atoms with van der Waals surface area (Å²) in [6, 6.07) is -0.269. The van der Waals surface area contributed by atoms with Gasteiger partial charge in [-0.15, -0.1) is 0 Å². The Balaban J connectivity index is 0.000000292. The molecule has 1 saturated heterocycles. The minimum Gasteiger partial charge on any atom is -0.480 e. The smallest absolute Gasteiger partial charge is 0.432 e. The maximum atomic E-state index is 10.1. The average Bonchev–Trinajstić information content (AvgIpc) is 2.38. The Labute approximate surface area is 65.4 Å². The molecule has 0 aliphatic carbocycles. The number of rotatable bonds is 1. The fourth-order valence-electron chi connectivity index (χ4n) is 0.895. The second kappa shape index (κ2) is 6.15. The minimum absolute atomic E-state index is 0.269. The second-order valence-corrected chi connectivity index (χ2v) is 2.13. The van der Waals surface area contributed by atoms with Crippen LogP contribution < -0.4 is 5.32 Å². The van der Waals surface area contributed by atoms with Gasteiger partial charge in [0.1, 0.15) is 6.04 Å². The van der Waals surface area contributed by atoms with Crippen molar-refractivity contribution in [3.63, 3.8) is 0 Å². The number of carbonyl (C=O) groups is 1. The van der Waals surface area contributed by atoms with E-state index < -0.39 is 13.7 Å². The number of hydrogen-bond acceptors (Lipinski definition) is 4. The van der Waals surface area contributed by atoms with Gasteiger partial charge >= 0.3 is 13.7 Å². The van der Waals surface area contributed by atoms with Crippen molar-refractivity contribution in [3.05, 3.63) is 0 Å². The molecular formula is C5H12BNO4. The van der Waals surface area contributed by atoms with Gasteiger partial charge in [-0.3, -0.25) is 4.79 Å². The van der Waals surface area contributed by atoms with Crippen LogP contribution in [-0.4, -0.2) is 41.4 Å². The third-order valence-electron chi connectivity index (χ3n) is 1.36. The van der Waals surface area contributed by atoms with Crippen LogP contribution in [0.4, 0.5) is 0 Å². The molecular weight excluding hydrogens is 149 g/mol. The van der Waals surface area contributed by atoms with Crippen molar-refractivity contribution in [2.75, 3.05) is 6.54 Å². The molecule has 0 aromatic rings. The van der Waals surface area contributed by atoms with Crippen LogP contribution in [0.3, 0.4) is 0 Å². The molecule has 0 saturated carbocycles. The molecule has 6 heteroatoms. The van der Waals surface area contributed by atoms with Gasteiger partial charge in [0.15, 0.2) is 0 Å². The van der Waals surface area contributed by atoms with Gasteiger partial charge in [-0.25, -0.2) is 0 Å². The quantitative estimate of drug-likeness (QED) is 0.336. The fraction of sp³-hybridized carbons (Fsp3) is 0.800. The molecule has 1 atom stereocenters. The third kappa shape index (κ3) is 4.77. The van der Waals surface area contributed by atoms with Crippen LogP contribution in [0.1, 0.15) is 12.8 Å². The Morgan fingerprint density at radius 3 is 2.27 bits per heavy atom. The molecule has 0 aromatic carbocycles. The van der Waals surface area contributed by atoms with Crippen LogP contribution in [0, 0.1) is 0 Å². The molecule has 1 aliphatic heterocycles. The van der Waals surface area contributed by atoms with E-state index in [1.807, 2.05) is 0 Å². The molecule has 4 N–H and O–H groups in total. The van der Waals surface area contributed by atoms with Gasteiger partial charge in [0.05, 0.1) is 0 Å². The summed E-state index contributed by atoms with van der Waals surface area (Å²) in [4.78, 5) is 10.1. The maximum Gasteiger partial charge on any atom is 0.432 e. The van der Waals surface area contributed by atoms with E-state index in [1.54, 1.807) is 0 Å². The first-order chi connectivity index (χ1) is 5.22. The van der Waals surface area contributed by atoms with Gasteiger partial charge in [0.2, 0.25) is 0 Å². The van der Waals surface area contributed by atoms with Gasteiger partial charge in [-0.05, 0) is 19.4 Å². The molecule has 1 aliphatic rings. The van der Waals surface area contributed by atoms with Gasteiger partial charge in [0, 0.05) is 0 Å². The van der Waals surface area contributed by atoms with Crippen LogP contribution in [0.25, 0.3) is 0 Å². The first-order valence-corrected chi connectivity index (χ1v) is 3.40. The molecule has 0 aromatic heterocycles. The Morgan fingerprint density at radius 2 is 2.09 bits per heavy atom. The zero-order valence-corrected chi connectivity index (χ0v) is 6.16. The molecule has 0 bridgehead atoms. The van der Waals surface area contributed by atoms with Crippen LogP contribution in [-0.2, 0) is 4.79 Å². The number of nitrogens with one attached hydrogen (secondary N) is 1. The van der Waals surface area contributed by atoms with E-state index in [4.69, 9.17) is 15.2 Å². The monoisotopic (exact) mass is 161 g/mol. The lowest BCUT2D eigenvalue weighted by molar-refractivity contribution is -0.139. The van der Waals surface area contributed by atoms with Gasteiger partial charge in [-0.2, -0.15) is 0 Å². The van der Waals surface area contributed by atoms with Crippen molar-refractivity contribution in [3.8, 4) is 0 Å². The summed E-state index contributed by atoms with van der Waals surface area (Å²) in [7, 11) is -0.750. The van der Waals surface area contributed by atoms with E-state index in [1.165, 1.54) is 0 Å². The zero-order chi connectivity index (χ0) is 8.69. The summed E-state index contributed by atoms with van der Waals surface area (Å²) >= 11 is 0. The maximum absolute atomic E-state index is 10.1. The lowest BCUT2D eigenvalue weighted by Gasteiger charge is -1.99. The molecule has 0 spiro atoms. The molecule has 64 valence electrons. The molecule has 1 heterocycles. The molecule has 5 nitrogen and oxygen atoms in total. The normalized spacial score (nSPS) is 21.8. The Bertz CT molecular complexity index is 115. The standard InChI is InChI=1S/C5H9NO2.BH3O2/c7-5(8)4-2-1-3-6-4;2-1-3/h4,6H,1-3H2,(H,7,8);1-3H/t4-;/m0./s1. The molecule has 0 radical (unpaired) electrons. The first-order valence-electron chi connectivity index (χ1n) is 3.40. The molecule has 1 rings (SSSR count). The minimum atomic E-state index is -0.750. The van der Waals surface area contributed by atoms with Crippen molar-refractivity contribution in [1.29, 1.82) is 0 Å². The van der Waals surface area contributed by atoms with Crippen molar-refractivity contribution < 1.29 is 19.9 Å². The van der Waals surface area contributed by atoms with Crippen molar-refractivity contribution in [2.45, 2.75) is 18.9 Å². The van der Waals surface area contributed by atoms with E-state index in [-0.39, 0.29) is 6.04 Å². The number of carboxylic acid groups (broad SMARTS) is 1. The number of aliphatic carboxylic acids is 1. The summed E-state index contributed by atoms with van der Waals surface area (Å²) in [6.45, 7) is 0.858. The summed E-state index contributed by atoms with van der Waals surface area (Å²) in [5, 5.41) is 25.5. The highest BCUT2D eigenvalue weighted by Crippen LogP contribution is 2.03. The van der Waals surface area contributed by atoms with Gasteiger partial charge < -0.3 is 20.5 Å². The summed E-state index contributed by atoms with van der Waals surface area (Å²) < 4.78 is 0.